The molecule has 0 fully saturated rings. The van der Waals surface area contributed by atoms with Crippen LogP contribution >= 0.6 is 0 Å². The first kappa shape index (κ1) is 19.8. The Hall–Kier alpha value is -1.56. The molecule has 25 heavy (non-hydrogen) atoms. The first-order valence-corrected chi connectivity index (χ1v) is 10.6. The van der Waals surface area contributed by atoms with Gasteiger partial charge < -0.3 is 0 Å². The molecule has 0 aromatic heterocycles. The van der Waals surface area contributed by atoms with E-state index < -0.39 is 0 Å². The van der Waals surface area contributed by atoms with Gasteiger partial charge >= 0.3 is 0 Å². The van der Waals surface area contributed by atoms with E-state index in [1.54, 1.807) is 0 Å². The van der Waals surface area contributed by atoms with Gasteiger partial charge in [-0.15, -0.1) is 0 Å². The number of allylic oxidation sites excluding steroid dienone is 1. The zero-order valence-corrected chi connectivity index (χ0v) is 16.2. The minimum Gasteiger partial charge on any atom is -0.0839 e. The van der Waals surface area contributed by atoms with E-state index in [0.29, 0.717) is 0 Å². The number of hydrogen-bond acceptors (Lipinski definition) is 0. The van der Waals surface area contributed by atoms with Crippen LogP contribution in [-0.4, -0.2) is 0 Å². The fourth-order valence-corrected chi connectivity index (χ4v) is 3.53. The normalized spacial score (nSPS) is 11.6. The lowest BCUT2D eigenvalue weighted by molar-refractivity contribution is 0.550. The summed E-state index contributed by atoms with van der Waals surface area (Å²) in [7, 11) is 0. The molecule has 0 radical (unpaired) electrons. The van der Waals surface area contributed by atoms with Crippen molar-refractivity contribution in [3.63, 3.8) is 0 Å². The van der Waals surface area contributed by atoms with Crippen LogP contribution < -0.4 is 0 Å². The van der Waals surface area contributed by atoms with Crippen molar-refractivity contribution in [2.75, 3.05) is 0 Å². The second-order valence-corrected chi connectivity index (χ2v) is 7.29. The molecule has 0 heteroatoms. The van der Waals surface area contributed by atoms with Gasteiger partial charge in [0.15, 0.2) is 0 Å². The van der Waals surface area contributed by atoms with Gasteiger partial charge in [0.05, 0.1) is 0 Å². The largest absolute Gasteiger partial charge is 0.0839 e. The Bertz CT molecular complexity index is 603. The number of benzene rings is 2. The number of rotatable bonds is 13. The van der Waals surface area contributed by atoms with Crippen molar-refractivity contribution in [2.45, 2.75) is 84.0 Å². The molecule has 2 aromatic carbocycles. The van der Waals surface area contributed by atoms with Crippen LogP contribution in [0.2, 0.25) is 0 Å². The van der Waals surface area contributed by atoms with E-state index in [1.807, 2.05) is 0 Å². The van der Waals surface area contributed by atoms with Crippen molar-refractivity contribution in [3.8, 4) is 0 Å². The third-order valence-electron chi connectivity index (χ3n) is 5.10. The summed E-state index contributed by atoms with van der Waals surface area (Å²) in [6.45, 7) is 2.29. The number of fused-ring (bicyclic) bond motifs is 1. The Labute approximate surface area is 155 Å². The van der Waals surface area contributed by atoms with Crippen molar-refractivity contribution in [1.29, 1.82) is 0 Å². The van der Waals surface area contributed by atoms with E-state index in [1.165, 1.54) is 93.4 Å². The van der Waals surface area contributed by atoms with E-state index in [-0.39, 0.29) is 0 Å². The van der Waals surface area contributed by atoms with Crippen molar-refractivity contribution < 1.29 is 0 Å². The zero-order valence-electron chi connectivity index (χ0n) is 16.2. The molecule has 2 rings (SSSR count). The molecule has 0 aliphatic heterocycles. The number of unbranched alkanes of at least 4 members (excludes halogenated alkanes) is 11. The highest BCUT2D eigenvalue weighted by Crippen LogP contribution is 2.20. The Balaban J connectivity index is 1.52. The monoisotopic (exact) mass is 336 g/mol. The summed E-state index contributed by atoms with van der Waals surface area (Å²) in [5, 5.41) is 2.69. The van der Waals surface area contributed by atoms with Gasteiger partial charge in [0.25, 0.3) is 0 Å². The molecule has 0 atom stereocenters. The van der Waals surface area contributed by atoms with Gasteiger partial charge in [0, 0.05) is 0 Å². The zero-order chi connectivity index (χ0) is 17.6. The maximum Gasteiger partial charge on any atom is -0.0112 e. The Kier molecular flexibility index (Phi) is 10.1. The minimum atomic E-state index is 1.21. The fourth-order valence-electron chi connectivity index (χ4n) is 3.53. The molecule has 0 nitrogen and oxygen atoms in total. The van der Waals surface area contributed by atoms with Crippen LogP contribution in [0.4, 0.5) is 0 Å². The molecule has 0 heterocycles. The van der Waals surface area contributed by atoms with Gasteiger partial charge in [0.1, 0.15) is 0 Å². The first-order valence-electron chi connectivity index (χ1n) is 10.6. The molecule has 0 unspecified atom stereocenters. The molecule has 2 aromatic rings. The molecular formula is C25H36. The summed E-state index contributed by atoms with van der Waals surface area (Å²) in [4.78, 5) is 0. The average Bonchev–Trinajstić information content (AvgIpc) is 2.65. The predicted octanol–water partition coefficient (Wildman–Crippen LogP) is 8.55. The quantitative estimate of drug-likeness (QED) is 0.321. The average molecular weight is 337 g/mol. The predicted molar refractivity (Wildman–Crippen MR) is 114 cm³/mol. The third-order valence-corrected chi connectivity index (χ3v) is 5.10. The van der Waals surface area contributed by atoms with Gasteiger partial charge in [-0.05, 0) is 29.2 Å². The van der Waals surface area contributed by atoms with E-state index in [9.17, 15) is 0 Å². The van der Waals surface area contributed by atoms with Gasteiger partial charge in [-0.3, -0.25) is 0 Å². The summed E-state index contributed by atoms with van der Waals surface area (Å²) in [6.07, 6.45) is 21.4. The topological polar surface area (TPSA) is 0 Å². The fraction of sp³-hybridized carbons (Fsp3) is 0.520. The van der Waals surface area contributed by atoms with Crippen molar-refractivity contribution in [2.24, 2.45) is 0 Å². The van der Waals surface area contributed by atoms with Crippen LogP contribution in [0.5, 0.6) is 0 Å². The van der Waals surface area contributed by atoms with Crippen molar-refractivity contribution >= 4 is 16.8 Å². The Morgan fingerprint density at radius 2 is 1.24 bits per heavy atom. The van der Waals surface area contributed by atoms with E-state index in [2.05, 4.69) is 61.5 Å². The van der Waals surface area contributed by atoms with Crippen molar-refractivity contribution in [1.82, 2.24) is 0 Å². The molecule has 0 amide bonds. The van der Waals surface area contributed by atoms with E-state index in [4.69, 9.17) is 0 Å². The summed E-state index contributed by atoms with van der Waals surface area (Å²) in [5.74, 6) is 0. The lowest BCUT2D eigenvalue weighted by atomic mass is 10.0. The first-order chi connectivity index (χ1) is 12.4. The minimum absolute atomic E-state index is 1.21. The maximum atomic E-state index is 2.36. The standard InChI is InChI=1S/C25H36/c1-2-3-4-5-6-7-8-9-10-11-12-13-14-18-23-20-17-21-24-19-15-16-22-25(23)24/h14-22H,2-13H2,1H3/b18-14+. The molecule has 136 valence electrons. The molecular weight excluding hydrogens is 300 g/mol. The van der Waals surface area contributed by atoms with Crippen LogP contribution in [0.15, 0.2) is 48.5 Å². The van der Waals surface area contributed by atoms with Crippen LogP contribution in [0.3, 0.4) is 0 Å². The SMILES string of the molecule is CCCCCCCCCCCCC/C=C/c1cccc2ccccc12. The smallest absolute Gasteiger partial charge is 0.0112 e. The second-order valence-electron chi connectivity index (χ2n) is 7.29. The Morgan fingerprint density at radius 1 is 0.640 bits per heavy atom. The van der Waals surface area contributed by atoms with Crippen LogP contribution in [-0.2, 0) is 0 Å². The summed E-state index contributed by atoms with van der Waals surface area (Å²) in [5.41, 5.74) is 1.35. The van der Waals surface area contributed by atoms with Gasteiger partial charge in [0.2, 0.25) is 0 Å². The molecule has 0 bridgehead atoms. The molecule has 0 spiro atoms. The summed E-state index contributed by atoms with van der Waals surface area (Å²) < 4.78 is 0. The molecule has 0 aliphatic rings. The van der Waals surface area contributed by atoms with Crippen molar-refractivity contribution in [3.05, 3.63) is 54.1 Å². The Morgan fingerprint density at radius 3 is 1.96 bits per heavy atom. The highest BCUT2D eigenvalue weighted by molar-refractivity contribution is 5.90. The molecule has 0 N–H and O–H groups in total. The highest BCUT2D eigenvalue weighted by Gasteiger charge is 1.96. The maximum absolute atomic E-state index is 2.36. The summed E-state index contributed by atoms with van der Waals surface area (Å²) >= 11 is 0. The number of hydrogen-bond donors (Lipinski definition) is 0. The third kappa shape index (κ3) is 7.90. The van der Waals surface area contributed by atoms with Crippen LogP contribution in [0, 0.1) is 0 Å². The summed E-state index contributed by atoms with van der Waals surface area (Å²) in [6, 6.07) is 15.2. The van der Waals surface area contributed by atoms with Crippen LogP contribution in [0.25, 0.3) is 16.8 Å². The highest BCUT2D eigenvalue weighted by atomic mass is 14.0. The van der Waals surface area contributed by atoms with E-state index in [0.717, 1.165) is 0 Å². The molecule has 0 aliphatic carbocycles. The lowest BCUT2D eigenvalue weighted by Gasteiger charge is -2.02. The molecule has 0 saturated heterocycles. The second kappa shape index (κ2) is 12.8. The van der Waals surface area contributed by atoms with Gasteiger partial charge in [-0.2, -0.15) is 0 Å². The van der Waals surface area contributed by atoms with E-state index >= 15 is 0 Å². The van der Waals surface area contributed by atoms with Gasteiger partial charge in [-0.1, -0.05) is 126 Å². The molecule has 0 saturated carbocycles. The van der Waals surface area contributed by atoms with Crippen LogP contribution in [0.1, 0.15) is 89.5 Å². The lowest BCUT2D eigenvalue weighted by Crippen LogP contribution is -1.82. The van der Waals surface area contributed by atoms with Gasteiger partial charge in [-0.25, -0.2) is 0 Å².